The largest absolute Gasteiger partial charge is 0.272 e. The molecule has 0 amide bonds. The number of hydrogen-bond donors (Lipinski definition) is 0. The van der Waals surface area contributed by atoms with Gasteiger partial charge in [0.15, 0.2) is 0 Å². The van der Waals surface area contributed by atoms with E-state index in [1.807, 2.05) is 0 Å². The van der Waals surface area contributed by atoms with Gasteiger partial charge in [0.1, 0.15) is 0 Å². The summed E-state index contributed by atoms with van der Waals surface area (Å²) in [4.78, 5) is 13.1. The van der Waals surface area contributed by atoms with Gasteiger partial charge in [-0.05, 0) is 0 Å². The molecule has 0 radical (unpaired) electrons. The summed E-state index contributed by atoms with van der Waals surface area (Å²) in [6.07, 6.45) is 2.77. The third-order valence-corrected chi connectivity index (χ3v) is 0.874. The molecular weight excluding hydrogens is 120 g/mol. The number of nitrogens with zero attached hydrogens (tertiary/aromatic N) is 2. The van der Waals surface area contributed by atoms with E-state index in [0.29, 0.717) is 0 Å². The molecule has 0 atom stereocenters. The van der Waals surface area contributed by atoms with Crippen molar-refractivity contribution in [1.82, 2.24) is 4.98 Å². The van der Waals surface area contributed by atoms with Crippen molar-refractivity contribution in [3.63, 3.8) is 0 Å². The van der Waals surface area contributed by atoms with Gasteiger partial charge in [-0.25, -0.2) is 0 Å². The normalized spacial score (nSPS) is 8.89. The summed E-state index contributed by atoms with van der Waals surface area (Å²) in [5.74, 6) is 0. The lowest BCUT2D eigenvalue weighted by molar-refractivity contribution is -0.384. The van der Waals surface area contributed by atoms with E-state index in [2.05, 4.69) is 4.98 Å². The molecule has 0 saturated heterocycles. The first kappa shape index (κ1) is 5.68. The van der Waals surface area contributed by atoms with Crippen molar-refractivity contribution in [2.75, 3.05) is 0 Å². The SMILES string of the molecule is O=[N+]([O-])c1ccncc1. The Bertz CT molecular complexity index is 209. The molecule has 1 heterocycles. The highest BCUT2D eigenvalue weighted by molar-refractivity contribution is 5.24. The second-order valence-corrected chi connectivity index (χ2v) is 1.46. The molecule has 0 spiro atoms. The summed E-state index contributed by atoms with van der Waals surface area (Å²) in [5, 5.41) is 9.98. The second kappa shape index (κ2) is 2.21. The van der Waals surface area contributed by atoms with E-state index >= 15 is 0 Å². The van der Waals surface area contributed by atoms with Gasteiger partial charge in [-0.3, -0.25) is 15.1 Å². The zero-order chi connectivity index (χ0) is 6.69. The van der Waals surface area contributed by atoms with Crippen LogP contribution in [0.25, 0.3) is 0 Å². The topological polar surface area (TPSA) is 56.0 Å². The third-order valence-electron chi connectivity index (χ3n) is 0.874. The molecule has 46 valence electrons. The van der Waals surface area contributed by atoms with Crippen molar-refractivity contribution in [2.24, 2.45) is 0 Å². The fraction of sp³-hybridized carbons (Fsp3) is 0. The molecule has 0 aromatic carbocycles. The summed E-state index contributed by atoms with van der Waals surface area (Å²) in [6.45, 7) is 0. The van der Waals surface area contributed by atoms with Crippen LogP contribution in [0.2, 0.25) is 0 Å². The first-order chi connectivity index (χ1) is 4.30. The Morgan fingerprint density at radius 2 is 2.00 bits per heavy atom. The highest BCUT2D eigenvalue weighted by Crippen LogP contribution is 2.05. The molecule has 0 bridgehead atoms. The molecule has 0 aliphatic heterocycles. The highest BCUT2D eigenvalue weighted by Gasteiger charge is 1.99. The monoisotopic (exact) mass is 124 g/mol. The molecule has 1 aromatic heterocycles. The van der Waals surface area contributed by atoms with Crippen molar-refractivity contribution in [1.29, 1.82) is 0 Å². The van der Waals surface area contributed by atoms with Crippen LogP contribution in [0.5, 0.6) is 0 Å². The molecule has 0 saturated carbocycles. The van der Waals surface area contributed by atoms with E-state index in [0.717, 1.165) is 0 Å². The Morgan fingerprint density at radius 1 is 1.44 bits per heavy atom. The lowest BCUT2D eigenvalue weighted by Crippen LogP contribution is -1.85. The number of aromatic nitrogens is 1. The van der Waals surface area contributed by atoms with Gasteiger partial charge in [0.05, 0.1) is 4.92 Å². The van der Waals surface area contributed by atoms with Gasteiger partial charge in [0, 0.05) is 24.5 Å². The lowest BCUT2D eigenvalue weighted by atomic mass is 10.4. The smallest absolute Gasteiger partial charge is 0.264 e. The van der Waals surface area contributed by atoms with Gasteiger partial charge in [-0.1, -0.05) is 0 Å². The average Bonchev–Trinajstić information content (AvgIpc) is 1.90. The molecule has 4 heteroatoms. The first-order valence-electron chi connectivity index (χ1n) is 2.35. The molecule has 0 fully saturated rings. The maximum atomic E-state index is 9.98. The predicted octanol–water partition coefficient (Wildman–Crippen LogP) is 0.990. The van der Waals surface area contributed by atoms with Crippen molar-refractivity contribution in [3.05, 3.63) is 34.6 Å². The van der Waals surface area contributed by atoms with Crippen molar-refractivity contribution >= 4 is 5.69 Å². The van der Waals surface area contributed by atoms with E-state index in [4.69, 9.17) is 0 Å². The Morgan fingerprint density at radius 3 is 2.33 bits per heavy atom. The summed E-state index contributed by atoms with van der Waals surface area (Å²) in [7, 11) is 0. The van der Waals surface area contributed by atoms with E-state index < -0.39 is 4.92 Å². The van der Waals surface area contributed by atoms with Crippen LogP contribution in [-0.4, -0.2) is 9.91 Å². The number of rotatable bonds is 1. The van der Waals surface area contributed by atoms with Crippen molar-refractivity contribution < 1.29 is 4.92 Å². The van der Waals surface area contributed by atoms with Crippen molar-refractivity contribution in [3.8, 4) is 0 Å². The maximum Gasteiger partial charge on any atom is 0.272 e. The molecule has 1 aromatic rings. The Balaban J connectivity index is 2.98. The van der Waals surface area contributed by atoms with E-state index in [9.17, 15) is 10.1 Å². The Hall–Kier alpha value is -1.45. The summed E-state index contributed by atoms with van der Waals surface area (Å²) >= 11 is 0. The zero-order valence-electron chi connectivity index (χ0n) is 4.52. The van der Waals surface area contributed by atoms with Gasteiger partial charge in [0.2, 0.25) is 0 Å². The minimum atomic E-state index is -0.457. The molecule has 0 unspecified atom stereocenters. The number of pyridine rings is 1. The minimum absolute atomic E-state index is 0.0741. The van der Waals surface area contributed by atoms with Gasteiger partial charge in [-0.15, -0.1) is 0 Å². The summed E-state index contributed by atoms with van der Waals surface area (Å²) < 4.78 is 0. The minimum Gasteiger partial charge on any atom is -0.264 e. The Kier molecular flexibility index (Phi) is 1.40. The lowest BCUT2D eigenvalue weighted by Gasteiger charge is -1.84. The first-order valence-corrected chi connectivity index (χ1v) is 2.35. The fourth-order valence-electron chi connectivity index (χ4n) is 0.466. The van der Waals surface area contributed by atoms with Crippen LogP contribution in [0.1, 0.15) is 0 Å². The van der Waals surface area contributed by atoms with Crippen LogP contribution in [0.3, 0.4) is 0 Å². The second-order valence-electron chi connectivity index (χ2n) is 1.46. The van der Waals surface area contributed by atoms with Crippen LogP contribution in [-0.2, 0) is 0 Å². The molecule has 4 nitrogen and oxygen atoms in total. The molecule has 0 aliphatic rings. The summed E-state index contributed by atoms with van der Waals surface area (Å²) in [6, 6.07) is 2.69. The van der Waals surface area contributed by atoms with Crippen LogP contribution in [0.15, 0.2) is 24.5 Å². The van der Waals surface area contributed by atoms with Crippen molar-refractivity contribution in [2.45, 2.75) is 0 Å². The van der Waals surface area contributed by atoms with Crippen LogP contribution >= 0.6 is 0 Å². The van der Waals surface area contributed by atoms with E-state index in [1.54, 1.807) is 0 Å². The van der Waals surface area contributed by atoms with Gasteiger partial charge < -0.3 is 0 Å². The number of hydrogen-bond acceptors (Lipinski definition) is 3. The predicted molar refractivity (Wildman–Crippen MR) is 30.9 cm³/mol. The van der Waals surface area contributed by atoms with Gasteiger partial charge >= 0.3 is 0 Å². The zero-order valence-corrected chi connectivity index (χ0v) is 4.52. The average molecular weight is 124 g/mol. The van der Waals surface area contributed by atoms with Crippen LogP contribution < -0.4 is 0 Å². The van der Waals surface area contributed by atoms with E-state index in [1.165, 1.54) is 24.5 Å². The maximum absolute atomic E-state index is 9.98. The quantitative estimate of drug-likeness (QED) is 0.414. The molecule has 9 heavy (non-hydrogen) atoms. The molecule has 0 aliphatic carbocycles. The molecular formula is C5H4N2O2. The summed E-state index contributed by atoms with van der Waals surface area (Å²) in [5.41, 5.74) is 0.0741. The third kappa shape index (κ3) is 1.22. The molecule has 0 N–H and O–H groups in total. The van der Waals surface area contributed by atoms with Crippen LogP contribution in [0.4, 0.5) is 5.69 Å². The standard InChI is InChI=1S/C5H4N2O2/c8-7(9)5-1-3-6-4-2-5/h1-4H. The number of nitro groups is 1. The van der Waals surface area contributed by atoms with Crippen LogP contribution in [0, 0.1) is 10.1 Å². The Labute approximate surface area is 51.3 Å². The van der Waals surface area contributed by atoms with Gasteiger partial charge in [-0.2, -0.15) is 0 Å². The highest BCUT2D eigenvalue weighted by atomic mass is 16.6. The molecule has 1 rings (SSSR count). The van der Waals surface area contributed by atoms with Gasteiger partial charge in [0.25, 0.3) is 5.69 Å². The van der Waals surface area contributed by atoms with E-state index in [-0.39, 0.29) is 5.69 Å². The fourth-order valence-corrected chi connectivity index (χ4v) is 0.466.